The summed E-state index contributed by atoms with van der Waals surface area (Å²) in [5.41, 5.74) is 2.73. The van der Waals surface area contributed by atoms with Gasteiger partial charge in [-0.15, -0.1) is 0 Å². The topological polar surface area (TPSA) is 126 Å². The molecule has 3 saturated heterocycles. The molecule has 12 heteroatoms. The summed E-state index contributed by atoms with van der Waals surface area (Å²) < 4.78 is 6.49. The first-order chi connectivity index (χ1) is 22.2. The van der Waals surface area contributed by atoms with Crippen LogP contribution >= 0.6 is 15.9 Å². The summed E-state index contributed by atoms with van der Waals surface area (Å²) >= 11 is 3.35. The maximum atomic E-state index is 13.9. The zero-order valence-electron chi connectivity index (χ0n) is 26.2. The van der Waals surface area contributed by atoms with Crippen LogP contribution in [0.25, 0.3) is 0 Å². The van der Waals surface area contributed by atoms with Crippen LogP contribution in [0.2, 0.25) is 0 Å². The quantitative estimate of drug-likeness (QED) is 0.413. The van der Waals surface area contributed by atoms with Gasteiger partial charge in [-0.2, -0.15) is 0 Å². The van der Waals surface area contributed by atoms with Crippen molar-refractivity contribution in [3.63, 3.8) is 0 Å². The minimum atomic E-state index is -1.01. The first kappa shape index (κ1) is 32.6. The Morgan fingerprint density at radius 1 is 0.935 bits per heavy atom. The first-order valence-corrected chi connectivity index (χ1v) is 17.3. The number of likely N-dealkylation sites (tertiary alicyclic amines) is 3. The average molecular weight is 699 g/mol. The van der Waals surface area contributed by atoms with E-state index in [0.29, 0.717) is 62.6 Å². The molecule has 4 heterocycles. The highest BCUT2D eigenvalue weighted by atomic mass is 79.9. The van der Waals surface area contributed by atoms with E-state index in [0.717, 1.165) is 55.5 Å². The Balaban J connectivity index is 1.07. The number of anilines is 1. The number of piperidine rings is 3. The predicted molar refractivity (Wildman–Crippen MR) is 177 cm³/mol. The van der Waals surface area contributed by atoms with Gasteiger partial charge in [-0.1, -0.05) is 24.3 Å². The summed E-state index contributed by atoms with van der Waals surface area (Å²) in [6, 6.07) is 13.1. The van der Waals surface area contributed by atoms with E-state index in [1.165, 1.54) is 0 Å². The minimum Gasteiger partial charge on any atom is -0.507 e. The van der Waals surface area contributed by atoms with Crippen LogP contribution in [0.1, 0.15) is 49.7 Å². The number of phenolic OH excluding ortho intramolecular Hbond substituents is 1. The number of para-hydroxylation sites is 1. The lowest BCUT2D eigenvalue weighted by molar-refractivity contribution is -0.142. The molecule has 2 aromatic carbocycles. The highest BCUT2D eigenvalue weighted by Crippen LogP contribution is 2.28. The number of urea groups is 1. The molecule has 46 heavy (non-hydrogen) atoms. The number of ether oxygens (including phenoxy) is 1. The Labute approximate surface area is 278 Å². The summed E-state index contributed by atoms with van der Waals surface area (Å²) in [4.78, 5) is 48.1. The normalized spacial score (nSPS) is 22.5. The van der Waals surface area contributed by atoms with Crippen LogP contribution in [0.4, 0.5) is 15.3 Å². The molecule has 248 valence electrons. The number of benzene rings is 2. The lowest BCUT2D eigenvalue weighted by Crippen LogP contribution is -2.53. The van der Waals surface area contributed by atoms with Gasteiger partial charge in [0.2, 0.25) is 0 Å². The molecule has 2 atom stereocenters. The smallest absolute Gasteiger partial charge is 0.410 e. The van der Waals surface area contributed by atoms with Gasteiger partial charge >= 0.3 is 12.1 Å². The summed E-state index contributed by atoms with van der Waals surface area (Å²) in [5, 5.41) is 23.2. The fraction of sp³-hybridized carbons (Fsp3) is 0.559. The molecular weight excluding hydrogens is 654 g/mol. The molecule has 0 aromatic heterocycles. The SMILES string of the molecule is O=C(O[C@H](Cc1ccc(O)c(Br)c1)C(=O)N1CCC(N2CCC[C@H](O)C2)CC1)N1CCC(N2CCc3ccccc3NC2=O)CC1. The summed E-state index contributed by atoms with van der Waals surface area (Å²) in [6.07, 6.45) is 3.83. The number of carbonyl (C=O) groups excluding carboxylic acids is 3. The highest BCUT2D eigenvalue weighted by Gasteiger charge is 2.36. The van der Waals surface area contributed by atoms with E-state index >= 15 is 0 Å². The lowest BCUT2D eigenvalue weighted by Gasteiger charge is -2.42. The molecule has 4 aliphatic heterocycles. The third-order valence-corrected chi connectivity index (χ3v) is 10.6. The van der Waals surface area contributed by atoms with Crippen LogP contribution in [-0.4, -0.2) is 118 Å². The number of nitrogens with zero attached hydrogens (tertiary/aromatic N) is 4. The van der Waals surface area contributed by atoms with Gasteiger partial charge in [0.15, 0.2) is 6.10 Å². The number of hydrogen-bond donors (Lipinski definition) is 3. The zero-order valence-corrected chi connectivity index (χ0v) is 27.7. The number of rotatable bonds is 6. The maximum Gasteiger partial charge on any atom is 0.410 e. The molecule has 4 aliphatic rings. The molecule has 0 bridgehead atoms. The van der Waals surface area contributed by atoms with Crippen LogP contribution in [-0.2, 0) is 22.4 Å². The van der Waals surface area contributed by atoms with Crippen LogP contribution < -0.4 is 5.32 Å². The number of aliphatic hydroxyl groups is 1. The number of aliphatic hydroxyl groups excluding tert-OH is 1. The number of halogens is 1. The van der Waals surface area contributed by atoms with Gasteiger partial charge < -0.3 is 35.0 Å². The second kappa shape index (κ2) is 14.6. The average Bonchev–Trinajstić information content (AvgIpc) is 3.24. The van der Waals surface area contributed by atoms with Crippen LogP contribution in [0.15, 0.2) is 46.9 Å². The van der Waals surface area contributed by atoms with E-state index < -0.39 is 12.2 Å². The Kier molecular flexibility index (Phi) is 10.3. The van der Waals surface area contributed by atoms with Crippen molar-refractivity contribution < 1.29 is 29.3 Å². The van der Waals surface area contributed by atoms with Gasteiger partial charge in [0.25, 0.3) is 5.91 Å². The number of hydrogen-bond acceptors (Lipinski definition) is 7. The highest BCUT2D eigenvalue weighted by molar-refractivity contribution is 9.10. The molecular formula is C34H44BrN5O6. The van der Waals surface area contributed by atoms with E-state index in [-0.39, 0.29) is 36.3 Å². The number of nitrogens with one attached hydrogen (secondary N) is 1. The van der Waals surface area contributed by atoms with Crippen molar-refractivity contribution in [2.45, 2.75) is 75.7 Å². The van der Waals surface area contributed by atoms with Crippen LogP contribution in [0, 0.1) is 0 Å². The minimum absolute atomic E-state index is 0.00690. The predicted octanol–water partition coefficient (Wildman–Crippen LogP) is 4.20. The molecule has 3 fully saturated rings. The standard InChI is InChI=1S/C34H44BrN5O6/c35-28-20-23(7-8-30(28)42)21-31(32(43)37-15-10-25(11-16-37)39-14-3-5-27(41)22-39)46-34(45)38-17-12-26(13-18-38)40-19-9-24-4-1-2-6-29(24)36-33(40)44/h1-2,4,6-8,20,25-27,31,41-42H,3,5,9-19,21-22H2,(H,36,44)/t27-,31+/m0/s1. The number of phenols is 1. The second-order valence-corrected chi connectivity index (χ2v) is 13.8. The van der Waals surface area contributed by atoms with Gasteiger partial charge in [0.1, 0.15) is 5.75 Å². The molecule has 6 rings (SSSR count). The first-order valence-electron chi connectivity index (χ1n) is 16.5. The van der Waals surface area contributed by atoms with Gasteiger partial charge in [-0.3, -0.25) is 9.69 Å². The van der Waals surface area contributed by atoms with E-state index in [1.807, 2.05) is 29.2 Å². The third kappa shape index (κ3) is 7.61. The molecule has 0 saturated carbocycles. The van der Waals surface area contributed by atoms with Gasteiger partial charge in [-0.25, -0.2) is 9.59 Å². The number of fused-ring (bicyclic) bond motifs is 1. The fourth-order valence-electron chi connectivity index (χ4n) is 7.34. The molecule has 4 amide bonds. The van der Waals surface area contributed by atoms with E-state index in [4.69, 9.17) is 4.74 Å². The monoisotopic (exact) mass is 697 g/mol. The molecule has 0 spiro atoms. The maximum absolute atomic E-state index is 13.9. The van der Waals surface area contributed by atoms with Gasteiger partial charge in [0, 0.05) is 63.5 Å². The largest absolute Gasteiger partial charge is 0.507 e. The number of amides is 4. The summed E-state index contributed by atoms with van der Waals surface area (Å²) in [7, 11) is 0. The number of carbonyl (C=O) groups is 3. The number of aromatic hydroxyl groups is 1. The molecule has 0 aliphatic carbocycles. The molecule has 3 N–H and O–H groups in total. The van der Waals surface area contributed by atoms with Crippen LogP contribution in [0.3, 0.4) is 0 Å². The van der Waals surface area contributed by atoms with Crippen molar-refractivity contribution in [1.82, 2.24) is 19.6 Å². The van der Waals surface area contributed by atoms with Gasteiger partial charge in [0.05, 0.1) is 10.6 Å². The fourth-order valence-corrected chi connectivity index (χ4v) is 7.76. The second-order valence-electron chi connectivity index (χ2n) is 13.0. The Morgan fingerprint density at radius 2 is 1.65 bits per heavy atom. The third-order valence-electron chi connectivity index (χ3n) is 9.98. The van der Waals surface area contributed by atoms with E-state index in [1.54, 1.807) is 28.0 Å². The Morgan fingerprint density at radius 3 is 2.39 bits per heavy atom. The van der Waals surface area contributed by atoms with Crippen molar-refractivity contribution in [1.29, 1.82) is 0 Å². The molecule has 0 unspecified atom stereocenters. The van der Waals surface area contributed by atoms with Crippen molar-refractivity contribution in [2.75, 3.05) is 51.1 Å². The van der Waals surface area contributed by atoms with E-state index in [2.05, 4.69) is 26.1 Å². The lowest BCUT2D eigenvalue weighted by atomic mass is 9.98. The number of β-amino-alcohol motifs (C(OH)–C–C–N with tert-alkyl or cyclic N) is 1. The van der Waals surface area contributed by atoms with Crippen molar-refractivity contribution in [3.05, 3.63) is 58.1 Å². The molecule has 0 radical (unpaired) electrons. The molecule has 11 nitrogen and oxygen atoms in total. The van der Waals surface area contributed by atoms with Crippen molar-refractivity contribution in [3.8, 4) is 5.75 Å². The Hall–Kier alpha value is -3.35. The van der Waals surface area contributed by atoms with Crippen molar-refractivity contribution >= 4 is 39.6 Å². The zero-order chi connectivity index (χ0) is 32.2. The summed E-state index contributed by atoms with van der Waals surface area (Å²) in [6.45, 7) is 4.26. The summed E-state index contributed by atoms with van der Waals surface area (Å²) in [5.74, 6) is -0.122. The Bertz CT molecular complexity index is 1410. The van der Waals surface area contributed by atoms with Crippen molar-refractivity contribution in [2.24, 2.45) is 0 Å². The molecule has 2 aromatic rings. The van der Waals surface area contributed by atoms with Crippen LogP contribution in [0.5, 0.6) is 5.75 Å². The van der Waals surface area contributed by atoms with E-state index in [9.17, 15) is 24.6 Å². The van der Waals surface area contributed by atoms with Gasteiger partial charge in [-0.05, 0) is 96.7 Å².